The molecule has 1 aromatic rings. The van der Waals surface area contributed by atoms with Crippen molar-refractivity contribution >= 4 is 5.91 Å². The van der Waals surface area contributed by atoms with Crippen molar-refractivity contribution in [3.05, 3.63) is 35.4 Å². The number of piperidine rings is 1. The van der Waals surface area contributed by atoms with E-state index in [2.05, 4.69) is 5.32 Å². The maximum atomic E-state index is 13.4. The second-order valence-corrected chi connectivity index (χ2v) is 6.61. The van der Waals surface area contributed by atoms with Crippen LogP contribution in [0, 0.1) is 11.6 Å². The van der Waals surface area contributed by atoms with E-state index in [0.29, 0.717) is 17.6 Å². The molecule has 5 heteroatoms. The number of amides is 1. The third-order valence-electron chi connectivity index (χ3n) is 5.16. The number of hydrogen-bond donors (Lipinski definition) is 1. The first-order chi connectivity index (χ1) is 10.5. The molecular weight excluding hydrogens is 286 g/mol. The zero-order chi connectivity index (χ0) is 15.9. The topological polar surface area (TPSA) is 32.3 Å². The molecule has 3 rings (SSSR count). The van der Waals surface area contributed by atoms with Crippen molar-refractivity contribution in [2.45, 2.75) is 56.7 Å². The lowest BCUT2D eigenvalue weighted by Gasteiger charge is -2.36. The molecule has 2 aliphatic rings. The standard InChI is InChI=1S/C17H22F2N2O/c1-10(11-3-6-15(18)16(19)7-11)17(22)21(2)14-8-12-4-5-13(9-14)20-12/h3,6-7,10,12-14,20H,4-5,8-9H2,1-2H3. The van der Waals surface area contributed by atoms with Crippen molar-refractivity contribution in [2.75, 3.05) is 7.05 Å². The summed E-state index contributed by atoms with van der Waals surface area (Å²) in [5, 5.41) is 3.56. The van der Waals surface area contributed by atoms with Crippen molar-refractivity contribution in [3.63, 3.8) is 0 Å². The number of halogens is 2. The Bertz CT molecular complexity index is 566. The van der Waals surface area contributed by atoms with Crippen LogP contribution in [0.3, 0.4) is 0 Å². The molecule has 22 heavy (non-hydrogen) atoms. The van der Waals surface area contributed by atoms with E-state index in [9.17, 15) is 13.6 Å². The third-order valence-corrected chi connectivity index (χ3v) is 5.16. The van der Waals surface area contributed by atoms with Gasteiger partial charge >= 0.3 is 0 Å². The second-order valence-electron chi connectivity index (χ2n) is 6.61. The number of benzene rings is 1. The number of likely N-dealkylation sites (N-methyl/N-ethyl adjacent to an activating group) is 1. The molecule has 1 aromatic carbocycles. The van der Waals surface area contributed by atoms with Gasteiger partial charge in [0.15, 0.2) is 11.6 Å². The lowest BCUT2D eigenvalue weighted by Crippen LogP contribution is -2.49. The van der Waals surface area contributed by atoms with E-state index in [0.717, 1.165) is 25.0 Å². The predicted octanol–water partition coefficient (Wildman–Crippen LogP) is 2.81. The quantitative estimate of drug-likeness (QED) is 0.931. The summed E-state index contributed by atoms with van der Waals surface area (Å²) in [4.78, 5) is 14.5. The smallest absolute Gasteiger partial charge is 0.229 e. The van der Waals surface area contributed by atoms with Crippen molar-refractivity contribution in [1.29, 1.82) is 0 Å². The summed E-state index contributed by atoms with van der Waals surface area (Å²) < 4.78 is 26.4. The fourth-order valence-corrected chi connectivity index (χ4v) is 3.75. The largest absolute Gasteiger partial charge is 0.342 e. The Balaban J connectivity index is 1.70. The van der Waals surface area contributed by atoms with Gasteiger partial charge in [-0.3, -0.25) is 4.79 Å². The van der Waals surface area contributed by atoms with E-state index in [4.69, 9.17) is 0 Å². The zero-order valence-corrected chi connectivity index (χ0v) is 13.0. The van der Waals surface area contributed by atoms with Crippen LogP contribution >= 0.6 is 0 Å². The normalized spacial score (nSPS) is 28.5. The maximum Gasteiger partial charge on any atom is 0.229 e. The van der Waals surface area contributed by atoms with E-state index >= 15 is 0 Å². The molecule has 2 aliphatic heterocycles. The van der Waals surface area contributed by atoms with Crippen LogP contribution in [0.25, 0.3) is 0 Å². The number of fused-ring (bicyclic) bond motifs is 2. The molecule has 0 aromatic heterocycles. The van der Waals surface area contributed by atoms with Crippen molar-refractivity contribution in [2.24, 2.45) is 0 Å². The highest BCUT2D eigenvalue weighted by atomic mass is 19.2. The molecular formula is C17H22F2N2O. The van der Waals surface area contributed by atoms with E-state index in [1.165, 1.54) is 18.9 Å². The van der Waals surface area contributed by atoms with Crippen LogP contribution in [0.4, 0.5) is 8.78 Å². The molecule has 120 valence electrons. The van der Waals surface area contributed by atoms with Gasteiger partial charge in [0.2, 0.25) is 5.91 Å². The summed E-state index contributed by atoms with van der Waals surface area (Å²) in [6.07, 6.45) is 4.32. The van der Waals surface area contributed by atoms with Gasteiger partial charge in [-0.15, -0.1) is 0 Å². The van der Waals surface area contributed by atoms with Crippen molar-refractivity contribution in [1.82, 2.24) is 10.2 Å². The Morgan fingerprint density at radius 3 is 2.45 bits per heavy atom. The summed E-state index contributed by atoms with van der Waals surface area (Å²) in [7, 11) is 1.83. The Morgan fingerprint density at radius 1 is 1.23 bits per heavy atom. The average molecular weight is 308 g/mol. The Labute approximate surface area is 129 Å². The molecule has 3 nitrogen and oxygen atoms in total. The monoisotopic (exact) mass is 308 g/mol. The first-order valence-corrected chi connectivity index (χ1v) is 7.93. The fraction of sp³-hybridized carbons (Fsp3) is 0.588. The molecule has 0 spiro atoms. The van der Waals surface area contributed by atoms with Crippen molar-refractivity contribution < 1.29 is 13.6 Å². The zero-order valence-electron chi connectivity index (χ0n) is 13.0. The minimum absolute atomic E-state index is 0.0303. The summed E-state index contributed by atoms with van der Waals surface area (Å²) in [6.45, 7) is 1.75. The molecule has 3 unspecified atom stereocenters. The van der Waals surface area contributed by atoms with Crippen LogP contribution in [-0.2, 0) is 4.79 Å². The van der Waals surface area contributed by atoms with Gasteiger partial charge in [0.05, 0.1) is 5.92 Å². The lowest BCUT2D eigenvalue weighted by molar-refractivity contribution is -0.133. The summed E-state index contributed by atoms with van der Waals surface area (Å²) in [5.41, 5.74) is 0.521. The van der Waals surface area contributed by atoms with Crippen LogP contribution in [0.5, 0.6) is 0 Å². The summed E-state index contributed by atoms with van der Waals surface area (Å²) in [6, 6.07) is 4.95. The number of carbonyl (C=O) groups is 1. The highest BCUT2D eigenvalue weighted by Crippen LogP contribution is 2.31. The van der Waals surface area contributed by atoms with Gasteiger partial charge in [0.25, 0.3) is 0 Å². The van der Waals surface area contributed by atoms with Crippen LogP contribution in [0.15, 0.2) is 18.2 Å². The predicted molar refractivity (Wildman–Crippen MR) is 80.5 cm³/mol. The molecule has 3 atom stereocenters. The summed E-state index contributed by atoms with van der Waals surface area (Å²) in [5.74, 6) is -2.28. The van der Waals surface area contributed by atoms with Gasteiger partial charge in [0.1, 0.15) is 0 Å². The number of nitrogens with zero attached hydrogens (tertiary/aromatic N) is 1. The number of nitrogens with one attached hydrogen (secondary N) is 1. The van der Waals surface area contributed by atoms with Crippen molar-refractivity contribution in [3.8, 4) is 0 Å². The molecule has 2 bridgehead atoms. The van der Waals surface area contributed by atoms with Crippen LogP contribution in [-0.4, -0.2) is 36.0 Å². The number of carbonyl (C=O) groups excluding carboxylic acids is 1. The van der Waals surface area contributed by atoms with E-state index in [-0.39, 0.29) is 11.9 Å². The van der Waals surface area contributed by atoms with Crippen LogP contribution < -0.4 is 5.32 Å². The Kier molecular flexibility index (Phi) is 4.17. The van der Waals surface area contributed by atoms with Crippen LogP contribution in [0.1, 0.15) is 44.1 Å². The molecule has 1 N–H and O–H groups in total. The molecule has 2 heterocycles. The molecule has 1 amide bonds. The minimum atomic E-state index is -0.903. The SMILES string of the molecule is CC(C(=O)N(C)C1CC2CCC(C1)N2)c1ccc(F)c(F)c1. The first-order valence-electron chi connectivity index (χ1n) is 7.93. The summed E-state index contributed by atoms with van der Waals surface area (Å²) >= 11 is 0. The van der Waals surface area contributed by atoms with E-state index in [1.54, 1.807) is 11.8 Å². The maximum absolute atomic E-state index is 13.4. The number of rotatable bonds is 3. The first kappa shape index (κ1) is 15.4. The number of hydrogen-bond acceptors (Lipinski definition) is 2. The average Bonchev–Trinajstić information content (AvgIpc) is 2.86. The lowest BCUT2D eigenvalue weighted by atomic mass is 9.95. The highest BCUT2D eigenvalue weighted by molar-refractivity contribution is 5.83. The fourth-order valence-electron chi connectivity index (χ4n) is 3.75. The van der Waals surface area contributed by atoms with Gasteiger partial charge in [0, 0.05) is 25.2 Å². The highest BCUT2D eigenvalue weighted by Gasteiger charge is 2.37. The minimum Gasteiger partial charge on any atom is -0.342 e. The third kappa shape index (κ3) is 2.86. The second kappa shape index (κ2) is 5.95. The van der Waals surface area contributed by atoms with Gasteiger partial charge in [-0.25, -0.2) is 8.78 Å². The van der Waals surface area contributed by atoms with Gasteiger partial charge in [-0.1, -0.05) is 6.07 Å². The van der Waals surface area contributed by atoms with Gasteiger partial charge in [-0.05, 0) is 50.3 Å². The Hall–Kier alpha value is -1.49. The van der Waals surface area contributed by atoms with Crippen LogP contribution in [0.2, 0.25) is 0 Å². The molecule has 2 saturated heterocycles. The molecule has 0 aliphatic carbocycles. The van der Waals surface area contributed by atoms with E-state index < -0.39 is 17.6 Å². The van der Waals surface area contributed by atoms with E-state index in [1.807, 2.05) is 7.05 Å². The molecule has 0 saturated carbocycles. The molecule has 2 fully saturated rings. The molecule has 0 radical (unpaired) electrons. The van der Waals surface area contributed by atoms with Gasteiger partial charge < -0.3 is 10.2 Å². The van der Waals surface area contributed by atoms with Gasteiger partial charge in [-0.2, -0.15) is 0 Å². The Morgan fingerprint density at radius 2 is 1.86 bits per heavy atom.